The third-order valence-electron chi connectivity index (χ3n) is 2.59. The van der Waals surface area contributed by atoms with Crippen LogP contribution in [0.15, 0.2) is 36.7 Å². The number of aryl methyl sites for hydroxylation is 1. The highest BCUT2D eigenvalue weighted by molar-refractivity contribution is 14.1. The molecule has 4 nitrogen and oxygen atoms in total. The highest BCUT2D eigenvalue weighted by Crippen LogP contribution is 2.19. The first kappa shape index (κ1) is 14.3. The van der Waals surface area contributed by atoms with Crippen LogP contribution in [0.25, 0.3) is 0 Å². The molecule has 1 heterocycles. The van der Waals surface area contributed by atoms with Gasteiger partial charge in [-0.25, -0.2) is 0 Å². The Hall–Kier alpha value is -1.08. The van der Waals surface area contributed by atoms with Gasteiger partial charge < -0.3 is 5.32 Å². The molecule has 19 heavy (non-hydrogen) atoms. The summed E-state index contributed by atoms with van der Waals surface area (Å²) < 4.78 is 2.78. The van der Waals surface area contributed by atoms with E-state index in [9.17, 15) is 4.79 Å². The van der Waals surface area contributed by atoms with Gasteiger partial charge in [0.25, 0.3) is 5.91 Å². The number of aromatic nitrogens is 2. The number of hydrogen-bond donors (Lipinski definition) is 1. The molecule has 0 aliphatic heterocycles. The summed E-state index contributed by atoms with van der Waals surface area (Å²) in [5, 5.41) is 7.57. The minimum atomic E-state index is -0.0984. The molecule has 0 saturated heterocycles. The first-order valence-electron chi connectivity index (χ1n) is 5.87. The van der Waals surface area contributed by atoms with Crippen molar-refractivity contribution in [3.8, 4) is 0 Å². The van der Waals surface area contributed by atoms with Crippen LogP contribution in [0.3, 0.4) is 0 Å². The normalized spacial score (nSPS) is 10.4. The predicted octanol–water partition coefficient (Wildman–Crippen LogP) is 2.96. The Balaban J connectivity index is 1.79. The van der Waals surface area contributed by atoms with Gasteiger partial charge in [-0.3, -0.25) is 9.48 Å². The zero-order chi connectivity index (χ0) is 13.7. The van der Waals surface area contributed by atoms with E-state index in [4.69, 9.17) is 11.6 Å². The second-order valence-electron chi connectivity index (χ2n) is 4.01. The fourth-order valence-electron chi connectivity index (χ4n) is 1.62. The van der Waals surface area contributed by atoms with E-state index in [-0.39, 0.29) is 5.91 Å². The monoisotopic (exact) mass is 389 g/mol. The Kier molecular flexibility index (Phi) is 5.21. The van der Waals surface area contributed by atoms with E-state index in [0.717, 1.165) is 16.5 Å². The molecule has 6 heteroatoms. The number of amides is 1. The van der Waals surface area contributed by atoms with Crippen LogP contribution in [0, 0.1) is 3.57 Å². The van der Waals surface area contributed by atoms with Gasteiger partial charge in [0.2, 0.25) is 0 Å². The fraction of sp³-hybridized carbons (Fsp3) is 0.231. The molecular formula is C13H13ClIN3O. The van der Waals surface area contributed by atoms with E-state index < -0.39 is 0 Å². The molecule has 0 fully saturated rings. The van der Waals surface area contributed by atoms with E-state index >= 15 is 0 Å². The SMILES string of the molecule is O=C(NCCCn1cccn1)c1ccc(I)c(Cl)c1. The smallest absolute Gasteiger partial charge is 0.251 e. The number of nitrogens with one attached hydrogen (secondary N) is 1. The summed E-state index contributed by atoms with van der Waals surface area (Å²) >= 11 is 8.12. The summed E-state index contributed by atoms with van der Waals surface area (Å²) in [4.78, 5) is 11.9. The number of hydrogen-bond acceptors (Lipinski definition) is 2. The van der Waals surface area contributed by atoms with Crippen molar-refractivity contribution in [3.63, 3.8) is 0 Å². The fourth-order valence-corrected chi connectivity index (χ4v) is 2.13. The van der Waals surface area contributed by atoms with E-state index in [2.05, 4.69) is 33.0 Å². The topological polar surface area (TPSA) is 46.9 Å². The molecule has 1 aromatic heterocycles. The summed E-state index contributed by atoms with van der Waals surface area (Å²) in [5.74, 6) is -0.0984. The molecule has 0 bridgehead atoms. The van der Waals surface area contributed by atoms with Gasteiger partial charge in [-0.05, 0) is 53.3 Å². The quantitative estimate of drug-likeness (QED) is 0.631. The number of carbonyl (C=O) groups is 1. The summed E-state index contributed by atoms with van der Waals surface area (Å²) in [6, 6.07) is 7.18. The Morgan fingerprint density at radius 2 is 2.32 bits per heavy atom. The van der Waals surface area contributed by atoms with Crippen LogP contribution < -0.4 is 5.32 Å². The molecule has 2 aromatic rings. The van der Waals surface area contributed by atoms with Crippen molar-refractivity contribution in [1.29, 1.82) is 0 Å². The van der Waals surface area contributed by atoms with Crippen molar-refractivity contribution in [1.82, 2.24) is 15.1 Å². The predicted molar refractivity (Wildman–Crippen MR) is 83.3 cm³/mol. The molecule has 0 atom stereocenters. The van der Waals surface area contributed by atoms with Crippen LogP contribution in [-0.2, 0) is 6.54 Å². The van der Waals surface area contributed by atoms with Crippen LogP contribution in [-0.4, -0.2) is 22.2 Å². The van der Waals surface area contributed by atoms with Gasteiger partial charge >= 0.3 is 0 Å². The molecule has 2 rings (SSSR count). The molecule has 0 aliphatic rings. The van der Waals surface area contributed by atoms with Crippen molar-refractivity contribution in [2.24, 2.45) is 0 Å². The molecule has 100 valence electrons. The average Bonchev–Trinajstić information content (AvgIpc) is 2.91. The minimum Gasteiger partial charge on any atom is -0.352 e. The van der Waals surface area contributed by atoms with Gasteiger partial charge in [-0.1, -0.05) is 11.6 Å². The lowest BCUT2D eigenvalue weighted by Crippen LogP contribution is -2.25. The standard InChI is InChI=1S/C13H13ClIN3O/c14-11-9-10(3-4-12(11)15)13(19)16-5-1-7-18-8-2-6-17-18/h2-4,6,8-9H,1,5,7H2,(H,16,19). The maximum absolute atomic E-state index is 11.9. The Labute approximate surface area is 130 Å². The van der Waals surface area contributed by atoms with E-state index in [0.29, 0.717) is 17.1 Å². The second-order valence-corrected chi connectivity index (χ2v) is 5.58. The third-order valence-corrected chi connectivity index (χ3v) is 4.16. The molecule has 1 amide bonds. The number of halogens is 2. The summed E-state index contributed by atoms with van der Waals surface area (Å²) in [6.45, 7) is 1.41. The van der Waals surface area contributed by atoms with E-state index in [1.165, 1.54) is 0 Å². The molecular weight excluding hydrogens is 377 g/mol. The molecule has 1 N–H and O–H groups in total. The third kappa shape index (κ3) is 4.21. The van der Waals surface area contributed by atoms with Crippen LogP contribution in [0.4, 0.5) is 0 Å². The number of rotatable bonds is 5. The first-order valence-corrected chi connectivity index (χ1v) is 7.33. The number of carbonyl (C=O) groups excluding carboxylic acids is 1. The molecule has 0 spiro atoms. The summed E-state index contributed by atoms with van der Waals surface area (Å²) in [5.41, 5.74) is 0.588. The Bertz CT molecular complexity index is 557. The molecule has 0 unspecified atom stereocenters. The highest BCUT2D eigenvalue weighted by atomic mass is 127. The van der Waals surface area contributed by atoms with E-state index in [1.54, 1.807) is 18.3 Å². The lowest BCUT2D eigenvalue weighted by Gasteiger charge is -2.06. The molecule has 1 aromatic carbocycles. The van der Waals surface area contributed by atoms with Crippen molar-refractivity contribution in [2.75, 3.05) is 6.54 Å². The zero-order valence-electron chi connectivity index (χ0n) is 10.1. The maximum atomic E-state index is 11.9. The lowest BCUT2D eigenvalue weighted by molar-refractivity contribution is 0.0952. The molecule has 0 aliphatic carbocycles. The number of benzene rings is 1. The summed E-state index contributed by atoms with van der Waals surface area (Å²) in [7, 11) is 0. The van der Waals surface area contributed by atoms with Gasteiger partial charge in [-0.2, -0.15) is 5.10 Å². The second kappa shape index (κ2) is 6.91. The molecule has 0 saturated carbocycles. The van der Waals surface area contributed by atoms with Crippen molar-refractivity contribution in [2.45, 2.75) is 13.0 Å². The van der Waals surface area contributed by atoms with Crippen molar-refractivity contribution >= 4 is 40.1 Å². The maximum Gasteiger partial charge on any atom is 0.251 e. The highest BCUT2D eigenvalue weighted by Gasteiger charge is 2.06. The zero-order valence-corrected chi connectivity index (χ0v) is 13.1. The number of nitrogens with zero attached hydrogens (tertiary/aromatic N) is 2. The van der Waals surface area contributed by atoms with Gasteiger partial charge in [0.15, 0.2) is 0 Å². The summed E-state index contributed by atoms with van der Waals surface area (Å²) in [6.07, 6.45) is 4.48. The largest absolute Gasteiger partial charge is 0.352 e. The van der Waals surface area contributed by atoms with Crippen molar-refractivity contribution < 1.29 is 4.79 Å². The Morgan fingerprint density at radius 3 is 3.00 bits per heavy atom. The Morgan fingerprint density at radius 1 is 1.47 bits per heavy atom. The average molecular weight is 390 g/mol. The first-order chi connectivity index (χ1) is 9.16. The molecule has 0 radical (unpaired) electrons. The van der Waals surface area contributed by atoms with Crippen LogP contribution >= 0.6 is 34.2 Å². The lowest BCUT2D eigenvalue weighted by atomic mass is 10.2. The van der Waals surface area contributed by atoms with Crippen molar-refractivity contribution in [3.05, 3.63) is 50.8 Å². The van der Waals surface area contributed by atoms with Gasteiger partial charge in [0.1, 0.15) is 0 Å². The van der Waals surface area contributed by atoms with E-state index in [1.807, 2.05) is 23.0 Å². The van der Waals surface area contributed by atoms with Gasteiger partial charge in [0, 0.05) is 34.6 Å². The van der Waals surface area contributed by atoms with Gasteiger partial charge in [-0.15, -0.1) is 0 Å². The van der Waals surface area contributed by atoms with Crippen LogP contribution in [0.5, 0.6) is 0 Å². The van der Waals surface area contributed by atoms with Crippen LogP contribution in [0.1, 0.15) is 16.8 Å². The minimum absolute atomic E-state index is 0.0984. The van der Waals surface area contributed by atoms with Crippen LogP contribution in [0.2, 0.25) is 5.02 Å². The van der Waals surface area contributed by atoms with Gasteiger partial charge in [0.05, 0.1) is 5.02 Å².